The van der Waals surface area contributed by atoms with E-state index in [1.807, 2.05) is 25.2 Å². The van der Waals surface area contributed by atoms with Gasteiger partial charge in [0.15, 0.2) is 0 Å². The molecule has 0 amide bonds. The second-order valence-corrected chi connectivity index (χ2v) is 2.92. The largest absolute Gasteiger partial charge is 0.388 e. The van der Waals surface area contributed by atoms with Crippen LogP contribution in [0.1, 0.15) is 0 Å². The molecule has 0 aromatic heterocycles. The third kappa shape index (κ3) is 1.61. The lowest BCUT2D eigenvalue weighted by atomic mass is 10.3. The molecule has 3 heteroatoms. The van der Waals surface area contributed by atoms with E-state index in [4.69, 9.17) is 0 Å². The molecule has 0 aliphatic rings. The third-order valence-corrected chi connectivity index (χ3v) is 2.20. The van der Waals surface area contributed by atoms with E-state index in [2.05, 4.69) is 30.6 Å². The number of rotatable bonds is 1. The standard InChI is InChI=1S/C7H9NS2/c1-8-5-2-3-6(9)7(10)4-5/h2-4,8-10H,1H3. The summed E-state index contributed by atoms with van der Waals surface area (Å²) in [5.74, 6) is 0. The minimum Gasteiger partial charge on any atom is -0.388 e. The number of hydrogen-bond donors (Lipinski definition) is 3. The monoisotopic (exact) mass is 171 g/mol. The van der Waals surface area contributed by atoms with E-state index < -0.39 is 0 Å². The molecule has 1 aromatic rings. The molecule has 0 atom stereocenters. The van der Waals surface area contributed by atoms with Gasteiger partial charge in [0.2, 0.25) is 0 Å². The minimum atomic E-state index is 0.898. The maximum absolute atomic E-state index is 4.21. The average Bonchev–Trinajstić information content (AvgIpc) is 1.95. The fourth-order valence-corrected chi connectivity index (χ4v) is 1.03. The minimum absolute atomic E-state index is 0.898. The number of nitrogens with one attached hydrogen (secondary N) is 1. The van der Waals surface area contributed by atoms with Gasteiger partial charge in [-0.3, -0.25) is 0 Å². The van der Waals surface area contributed by atoms with Crippen LogP contribution in [0.15, 0.2) is 28.0 Å². The molecule has 0 saturated heterocycles. The fourth-order valence-electron chi connectivity index (χ4n) is 0.679. The van der Waals surface area contributed by atoms with Crippen molar-refractivity contribution in [1.82, 2.24) is 0 Å². The molecule has 0 unspecified atom stereocenters. The van der Waals surface area contributed by atoms with Crippen molar-refractivity contribution in [2.24, 2.45) is 0 Å². The molecule has 10 heavy (non-hydrogen) atoms. The van der Waals surface area contributed by atoms with Gasteiger partial charge in [-0.25, -0.2) is 0 Å². The maximum atomic E-state index is 4.21. The Hall–Kier alpha value is -0.280. The van der Waals surface area contributed by atoms with Crippen LogP contribution in [0.2, 0.25) is 0 Å². The SMILES string of the molecule is CNc1ccc(S)c(S)c1. The summed E-state index contributed by atoms with van der Waals surface area (Å²) in [6.45, 7) is 0. The van der Waals surface area contributed by atoms with Crippen molar-refractivity contribution in [2.75, 3.05) is 12.4 Å². The van der Waals surface area contributed by atoms with Gasteiger partial charge in [-0.1, -0.05) is 0 Å². The predicted molar refractivity (Wildman–Crippen MR) is 50.5 cm³/mol. The van der Waals surface area contributed by atoms with E-state index >= 15 is 0 Å². The third-order valence-electron chi connectivity index (χ3n) is 1.26. The Kier molecular flexibility index (Phi) is 2.51. The van der Waals surface area contributed by atoms with Gasteiger partial charge in [-0.2, -0.15) is 0 Å². The van der Waals surface area contributed by atoms with Gasteiger partial charge in [0.05, 0.1) is 0 Å². The first-order valence-corrected chi connectivity index (χ1v) is 3.83. The molecular weight excluding hydrogens is 162 g/mol. The summed E-state index contributed by atoms with van der Waals surface area (Å²) >= 11 is 8.38. The van der Waals surface area contributed by atoms with Crippen LogP contribution >= 0.6 is 25.3 Å². The molecule has 1 aromatic carbocycles. The molecule has 0 spiro atoms. The second kappa shape index (κ2) is 3.21. The Labute approximate surface area is 71.7 Å². The highest BCUT2D eigenvalue weighted by atomic mass is 32.1. The van der Waals surface area contributed by atoms with Crippen LogP contribution in [0.3, 0.4) is 0 Å². The van der Waals surface area contributed by atoms with Gasteiger partial charge in [0.25, 0.3) is 0 Å². The van der Waals surface area contributed by atoms with Gasteiger partial charge < -0.3 is 5.32 Å². The van der Waals surface area contributed by atoms with Gasteiger partial charge in [0, 0.05) is 22.5 Å². The molecule has 0 fully saturated rings. The highest BCUT2D eigenvalue weighted by Gasteiger charge is 1.93. The smallest absolute Gasteiger partial charge is 0.0349 e. The first kappa shape index (κ1) is 7.82. The normalized spacial score (nSPS) is 9.50. The second-order valence-electron chi connectivity index (χ2n) is 1.95. The van der Waals surface area contributed by atoms with E-state index in [0.717, 1.165) is 15.5 Å². The van der Waals surface area contributed by atoms with Crippen LogP contribution in [-0.4, -0.2) is 7.05 Å². The van der Waals surface area contributed by atoms with Crippen LogP contribution in [0.25, 0.3) is 0 Å². The molecule has 0 radical (unpaired) electrons. The van der Waals surface area contributed by atoms with E-state index in [1.54, 1.807) is 0 Å². The van der Waals surface area contributed by atoms with Crippen molar-refractivity contribution in [1.29, 1.82) is 0 Å². The molecule has 0 saturated carbocycles. The maximum Gasteiger partial charge on any atom is 0.0349 e. The van der Waals surface area contributed by atoms with Crippen LogP contribution in [0.5, 0.6) is 0 Å². The number of thiol groups is 2. The summed E-state index contributed by atoms with van der Waals surface area (Å²) in [7, 11) is 1.88. The molecule has 1 rings (SSSR count). The van der Waals surface area contributed by atoms with Crippen LogP contribution in [0, 0.1) is 0 Å². The van der Waals surface area contributed by atoms with Gasteiger partial charge >= 0.3 is 0 Å². The zero-order valence-corrected chi connectivity index (χ0v) is 7.42. The van der Waals surface area contributed by atoms with Crippen molar-refractivity contribution in [2.45, 2.75) is 9.79 Å². The summed E-state index contributed by atoms with van der Waals surface area (Å²) in [6.07, 6.45) is 0. The van der Waals surface area contributed by atoms with E-state index in [9.17, 15) is 0 Å². The van der Waals surface area contributed by atoms with Crippen molar-refractivity contribution < 1.29 is 0 Å². The van der Waals surface area contributed by atoms with Crippen LogP contribution in [0.4, 0.5) is 5.69 Å². The average molecular weight is 171 g/mol. The zero-order valence-electron chi connectivity index (χ0n) is 5.63. The lowest BCUT2D eigenvalue weighted by Gasteiger charge is -2.01. The first-order chi connectivity index (χ1) is 4.74. The fraction of sp³-hybridized carbons (Fsp3) is 0.143. The van der Waals surface area contributed by atoms with Crippen molar-refractivity contribution in [3.8, 4) is 0 Å². The van der Waals surface area contributed by atoms with Crippen LogP contribution < -0.4 is 5.32 Å². The van der Waals surface area contributed by atoms with Crippen molar-refractivity contribution >= 4 is 30.9 Å². The summed E-state index contributed by atoms with van der Waals surface area (Å²) in [5.41, 5.74) is 1.06. The molecular formula is C7H9NS2. The molecule has 1 N–H and O–H groups in total. The van der Waals surface area contributed by atoms with Gasteiger partial charge in [0.1, 0.15) is 0 Å². The molecule has 0 bridgehead atoms. The lowest BCUT2D eigenvalue weighted by molar-refractivity contribution is 1.26. The Balaban J connectivity index is 3.04. The van der Waals surface area contributed by atoms with Crippen molar-refractivity contribution in [3.05, 3.63) is 18.2 Å². The summed E-state index contributed by atoms with van der Waals surface area (Å²) < 4.78 is 0. The molecule has 0 aliphatic carbocycles. The quantitative estimate of drug-likeness (QED) is 0.551. The molecule has 0 aliphatic heterocycles. The van der Waals surface area contributed by atoms with Gasteiger partial charge in [-0.05, 0) is 18.2 Å². The molecule has 54 valence electrons. The van der Waals surface area contributed by atoms with Gasteiger partial charge in [-0.15, -0.1) is 25.3 Å². The Morgan fingerprint density at radius 2 is 1.90 bits per heavy atom. The first-order valence-electron chi connectivity index (χ1n) is 2.94. The number of hydrogen-bond acceptors (Lipinski definition) is 3. The molecule has 0 heterocycles. The Morgan fingerprint density at radius 1 is 1.20 bits per heavy atom. The predicted octanol–water partition coefficient (Wildman–Crippen LogP) is 2.31. The summed E-state index contributed by atoms with van der Waals surface area (Å²) in [6, 6.07) is 5.81. The number of anilines is 1. The topological polar surface area (TPSA) is 12.0 Å². The van der Waals surface area contributed by atoms with Crippen molar-refractivity contribution in [3.63, 3.8) is 0 Å². The van der Waals surface area contributed by atoms with E-state index in [1.165, 1.54) is 0 Å². The van der Waals surface area contributed by atoms with Crippen LogP contribution in [-0.2, 0) is 0 Å². The summed E-state index contributed by atoms with van der Waals surface area (Å²) in [4.78, 5) is 1.80. The Bertz CT molecular complexity index is 235. The highest BCUT2D eigenvalue weighted by molar-refractivity contribution is 7.83. The highest BCUT2D eigenvalue weighted by Crippen LogP contribution is 2.21. The number of benzene rings is 1. The summed E-state index contributed by atoms with van der Waals surface area (Å²) in [5, 5.41) is 3.01. The zero-order chi connectivity index (χ0) is 7.56. The van der Waals surface area contributed by atoms with E-state index in [0.29, 0.717) is 0 Å². The Morgan fingerprint density at radius 3 is 2.40 bits per heavy atom. The van der Waals surface area contributed by atoms with E-state index in [-0.39, 0.29) is 0 Å². The lowest BCUT2D eigenvalue weighted by Crippen LogP contribution is -1.86. The molecule has 1 nitrogen and oxygen atoms in total.